The molecule has 0 unspecified atom stereocenters. The number of halogens is 2. The fourth-order valence-corrected chi connectivity index (χ4v) is 2.58. The molecule has 3 rings (SSSR count). The Morgan fingerprint density at radius 2 is 2.19 bits per heavy atom. The second-order valence-electron chi connectivity index (χ2n) is 4.85. The third-order valence-electron chi connectivity index (χ3n) is 3.24. The Bertz CT molecular complexity index is 692. The summed E-state index contributed by atoms with van der Waals surface area (Å²) in [6, 6.07) is 5.04. The molecule has 1 aliphatic rings. The van der Waals surface area contributed by atoms with E-state index in [-0.39, 0.29) is 11.7 Å². The van der Waals surface area contributed by atoms with Crippen LogP contribution in [0.25, 0.3) is 11.5 Å². The largest absolute Gasteiger partial charge is 0.460 e. The van der Waals surface area contributed by atoms with E-state index >= 15 is 0 Å². The molecule has 0 N–H and O–H groups in total. The number of rotatable bonds is 4. The van der Waals surface area contributed by atoms with Crippen molar-refractivity contribution in [2.45, 2.75) is 25.7 Å². The summed E-state index contributed by atoms with van der Waals surface area (Å²) in [6.07, 6.45) is 2.01. The lowest BCUT2D eigenvalue weighted by molar-refractivity contribution is 0.0489. The molecule has 0 spiro atoms. The number of benzene rings is 1. The summed E-state index contributed by atoms with van der Waals surface area (Å²) in [5.41, 5.74) is 1.27. The fourth-order valence-electron chi connectivity index (χ4n) is 2.09. The van der Waals surface area contributed by atoms with E-state index in [1.807, 2.05) is 0 Å². The van der Waals surface area contributed by atoms with Gasteiger partial charge >= 0.3 is 5.97 Å². The molecule has 6 heteroatoms. The average Bonchev–Trinajstić information content (AvgIpc) is 3.19. The Labute approximate surface area is 132 Å². The lowest BCUT2D eigenvalue weighted by Crippen LogP contribution is -2.05. The normalized spacial score (nSPS) is 14.2. The highest BCUT2D eigenvalue weighted by Gasteiger charge is 2.34. The molecule has 21 heavy (non-hydrogen) atoms. The predicted molar refractivity (Wildman–Crippen MR) is 79.9 cm³/mol. The summed E-state index contributed by atoms with van der Waals surface area (Å²) < 4.78 is 10.6. The maximum Gasteiger partial charge on any atom is 0.376 e. The minimum absolute atomic E-state index is 0.181. The van der Waals surface area contributed by atoms with Crippen LogP contribution in [-0.2, 0) is 4.74 Å². The molecule has 0 amide bonds. The van der Waals surface area contributed by atoms with Crippen molar-refractivity contribution in [3.8, 4) is 11.5 Å². The number of nitrogens with zero attached hydrogens (tertiary/aromatic N) is 1. The second-order valence-corrected chi connectivity index (χ2v) is 5.70. The molecule has 1 aliphatic carbocycles. The standard InChI is InChI=1S/C15H13Cl2NO3/c1-2-20-15(19)13-12(8-3-4-8)18-14(21-13)10-6-5-9(16)7-11(10)17/h5-8H,2-4H2,1H3. The van der Waals surface area contributed by atoms with Crippen molar-refractivity contribution in [3.63, 3.8) is 0 Å². The average molecular weight is 326 g/mol. The SMILES string of the molecule is CCOC(=O)c1oc(-c2ccc(Cl)cc2Cl)nc1C1CC1. The number of carbonyl (C=O) groups is 1. The quantitative estimate of drug-likeness (QED) is 0.764. The van der Waals surface area contributed by atoms with Crippen molar-refractivity contribution in [1.29, 1.82) is 0 Å². The van der Waals surface area contributed by atoms with Crippen molar-refractivity contribution < 1.29 is 13.9 Å². The Balaban J connectivity index is 2.03. The summed E-state index contributed by atoms with van der Waals surface area (Å²) in [4.78, 5) is 16.4. The number of hydrogen-bond donors (Lipinski definition) is 0. The summed E-state index contributed by atoms with van der Waals surface area (Å²) >= 11 is 12.0. The first kappa shape index (κ1) is 14.4. The number of ether oxygens (including phenoxy) is 1. The van der Waals surface area contributed by atoms with Crippen molar-refractivity contribution in [3.05, 3.63) is 39.7 Å². The van der Waals surface area contributed by atoms with Crippen LogP contribution in [0.2, 0.25) is 10.0 Å². The topological polar surface area (TPSA) is 52.3 Å². The molecule has 0 radical (unpaired) electrons. The first-order valence-corrected chi connectivity index (χ1v) is 7.49. The van der Waals surface area contributed by atoms with Gasteiger partial charge < -0.3 is 9.15 Å². The minimum Gasteiger partial charge on any atom is -0.460 e. The van der Waals surface area contributed by atoms with Crippen molar-refractivity contribution >= 4 is 29.2 Å². The van der Waals surface area contributed by atoms with E-state index in [1.54, 1.807) is 25.1 Å². The third kappa shape index (κ3) is 2.92. The van der Waals surface area contributed by atoms with Gasteiger partial charge in [-0.25, -0.2) is 9.78 Å². The van der Waals surface area contributed by atoms with E-state index in [0.717, 1.165) is 12.8 Å². The summed E-state index contributed by atoms with van der Waals surface area (Å²) in [6.45, 7) is 2.04. The van der Waals surface area contributed by atoms with Crippen molar-refractivity contribution in [2.24, 2.45) is 0 Å². The summed E-state index contributed by atoms with van der Waals surface area (Å²) in [5.74, 6) is 0.290. The van der Waals surface area contributed by atoms with Crippen LogP contribution < -0.4 is 0 Å². The van der Waals surface area contributed by atoms with E-state index in [0.29, 0.717) is 33.8 Å². The molecular formula is C15H13Cl2NO3. The molecule has 0 aliphatic heterocycles. The van der Waals surface area contributed by atoms with Gasteiger partial charge in [0.25, 0.3) is 0 Å². The number of aromatic nitrogens is 1. The van der Waals surface area contributed by atoms with Gasteiger partial charge in [-0.1, -0.05) is 23.2 Å². The van der Waals surface area contributed by atoms with Gasteiger partial charge in [0.15, 0.2) is 0 Å². The van der Waals surface area contributed by atoms with Gasteiger partial charge in [0.1, 0.15) is 0 Å². The molecule has 1 fully saturated rings. The molecule has 1 aromatic heterocycles. The minimum atomic E-state index is -0.483. The Morgan fingerprint density at radius 3 is 2.81 bits per heavy atom. The Hall–Kier alpha value is -1.52. The highest BCUT2D eigenvalue weighted by molar-refractivity contribution is 6.36. The van der Waals surface area contributed by atoms with Crippen LogP contribution in [0.4, 0.5) is 0 Å². The molecule has 4 nitrogen and oxygen atoms in total. The molecule has 1 heterocycles. The monoisotopic (exact) mass is 325 g/mol. The van der Waals surface area contributed by atoms with Crippen LogP contribution in [0, 0.1) is 0 Å². The predicted octanol–water partition coefficient (Wildman–Crippen LogP) is 4.70. The van der Waals surface area contributed by atoms with E-state index < -0.39 is 5.97 Å². The summed E-state index contributed by atoms with van der Waals surface area (Å²) in [7, 11) is 0. The molecule has 2 aromatic rings. The van der Waals surface area contributed by atoms with E-state index in [1.165, 1.54) is 0 Å². The van der Waals surface area contributed by atoms with E-state index in [2.05, 4.69) is 4.98 Å². The Kier molecular flexibility index (Phi) is 3.91. The van der Waals surface area contributed by atoms with Crippen LogP contribution >= 0.6 is 23.2 Å². The number of esters is 1. The first-order valence-electron chi connectivity index (χ1n) is 6.73. The number of carbonyl (C=O) groups excluding carboxylic acids is 1. The van der Waals surface area contributed by atoms with Crippen LogP contribution in [0.1, 0.15) is 41.9 Å². The van der Waals surface area contributed by atoms with Gasteiger partial charge in [0.2, 0.25) is 11.7 Å². The first-order chi connectivity index (χ1) is 10.1. The van der Waals surface area contributed by atoms with E-state index in [4.69, 9.17) is 32.4 Å². The lowest BCUT2D eigenvalue weighted by atomic mass is 10.2. The van der Waals surface area contributed by atoms with Crippen LogP contribution in [0.3, 0.4) is 0 Å². The zero-order chi connectivity index (χ0) is 15.0. The molecule has 0 bridgehead atoms. The second kappa shape index (κ2) is 5.70. The van der Waals surface area contributed by atoms with Crippen molar-refractivity contribution in [1.82, 2.24) is 4.98 Å². The summed E-state index contributed by atoms with van der Waals surface area (Å²) in [5, 5.41) is 0.963. The maximum atomic E-state index is 12.0. The van der Waals surface area contributed by atoms with Gasteiger partial charge in [-0.2, -0.15) is 0 Å². The molecule has 0 saturated heterocycles. The van der Waals surface area contributed by atoms with Crippen LogP contribution in [0.5, 0.6) is 0 Å². The van der Waals surface area contributed by atoms with Gasteiger partial charge in [-0.05, 0) is 38.0 Å². The molecular weight excluding hydrogens is 313 g/mol. The molecule has 110 valence electrons. The Morgan fingerprint density at radius 1 is 1.43 bits per heavy atom. The van der Waals surface area contributed by atoms with Gasteiger partial charge in [-0.15, -0.1) is 0 Å². The van der Waals surface area contributed by atoms with Crippen molar-refractivity contribution in [2.75, 3.05) is 6.61 Å². The lowest BCUT2D eigenvalue weighted by Gasteiger charge is -2.00. The third-order valence-corrected chi connectivity index (χ3v) is 3.79. The van der Waals surface area contributed by atoms with Crippen LogP contribution in [0.15, 0.2) is 22.6 Å². The highest BCUT2D eigenvalue weighted by atomic mass is 35.5. The maximum absolute atomic E-state index is 12.0. The van der Waals surface area contributed by atoms with Gasteiger partial charge in [0, 0.05) is 10.9 Å². The zero-order valence-corrected chi connectivity index (χ0v) is 12.9. The molecule has 1 saturated carbocycles. The smallest absolute Gasteiger partial charge is 0.376 e. The van der Waals surface area contributed by atoms with E-state index in [9.17, 15) is 4.79 Å². The zero-order valence-electron chi connectivity index (χ0n) is 11.4. The van der Waals surface area contributed by atoms with Gasteiger partial charge in [-0.3, -0.25) is 0 Å². The fraction of sp³-hybridized carbons (Fsp3) is 0.333. The molecule has 0 atom stereocenters. The number of oxazole rings is 1. The number of hydrogen-bond acceptors (Lipinski definition) is 4. The molecule has 1 aromatic carbocycles. The van der Waals surface area contributed by atoms with Crippen LogP contribution in [-0.4, -0.2) is 17.6 Å². The highest BCUT2D eigenvalue weighted by Crippen LogP contribution is 2.43. The van der Waals surface area contributed by atoms with Gasteiger partial charge in [0.05, 0.1) is 22.9 Å².